The van der Waals surface area contributed by atoms with Crippen molar-refractivity contribution in [1.29, 1.82) is 0 Å². The van der Waals surface area contributed by atoms with Crippen molar-refractivity contribution >= 4 is 5.69 Å². The average Bonchev–Trinajstić information content (AvgIpc) is 2.61. The number of hydrogen-bond acceptors (Lipinski definition) is 4. The third kappa shape index (κ3) is 4.29. The molecule has 0 N–H and O–H groups in total. The number of aromatic nitrogens is 2. The molecule has 0 aliphatic carbocycles. The monoisotopic (exact) mass is 310 g/mol. The lowest BCUT2D eigenvalue weighted by Crippen LogP contribution is -2.44. The molecule has 0 unspecified atom stereocenters. The van der Waals surface area contributed by atoms with Gasteiger partial charge in [-0.15, -0.1) is 0 Å². The molecule has 122 valence electrons. The second kappa shape index (κ2) is 7.55. The number of anilines is 1. The van der Waals surface area contributed by atoms with Crippen LogP contribution in [0.1, 0.15) is 24.2 Å². The molecule has 0 amide bonds. The van der Waals surface area contributed by atoms with Gasteiger partial charge in [0, 0.05) is 68.6 Å². The standard InChI is InChI=1S/C19H26N4/c1-16-15-19(6-11-20-16)22(2)18-8-13-23(14-9-18)12-7-17-5-3-4-10-21-17/h3-6,10-11,15,18H,7-9,12-14H2,1-2H3. The van der Waals surface area contributed by atoms with Crippen molar-refractivity contribution in [2.45, 2.75) is 32.2 Å². The van der Waals surface area contributed by atoms with Crippen molar-refractivity contribution in [3.63, 3.8) is 0 Å². The molecule has 4 nitrogen and oxygen atoms in total. The lowest BCUT2D eigenvalue weighted by atomic mass is 10.0. The van der Waals surface area contributed by atoms with Gasteiger partial charge in [-0.1, -0.05) is 6.07 Å². The summed E-state index contributed by atoms with van der Waals surface area (Å²) in [7, 11) is 2.21. The first-order chi connectivity index (χ1) is 11.2. The molecule has 1 aliphatic rings. The Kier molecular flexibility index (Phi) is 5.23. The fourth-order valence-electron chi connectivity index (χ4n) is 3.31. The molecular formula is C19H26N4. The topological polar surface area (TPSA) is 32.3 Å². The summed E-state index contributed by atoms with van der Waals surface area (Å²) in [6, 6.07) is 11.1. The zero-order valence-corrected chi connectivity index (χ0v) is 14.2. The molecule has 2 aromatic heterocycles. The van der Waals surface area contributed by atoms with Crippen molar-refractivity contribution in [1.82, 2.24) is 14.9 Å². The van der Waals surface area contributed by atoms with Crippen molar-refractivity contribution in [3.8, 4) is 0 Å². The van der Waals surface area contributed by atoms with Crippen LogP contribution in [0.25, 0.3) is 0 Å². The summed E-state index contributed by atoms with van der Waals surface area (Å²) in [5.74, 6) is 0. The Labute approximate surface area is 139 Å². The van der Waals surface area contributed by atoms with Gasteiger partial charge in [-0.05, 0) is 44.0 Å². The highest BCUT2D eigenvalue weighted by Gasteiger charge is 2.22. The third-order valence-electron chi connectivity index (χ3n) is 4.80. The average molecular weight is 310 g/mol. The Balaban J connectivity index is 1.48. The molecular weight excluding hydrogens is 284 g/mol. The Hall–Kier alpha value is -1.94. The number of pyridine rings is 2. The zero-order valence-electron chi connectivity index (χ0n) is 14.2. The second-order valence-electron chi connectivity index (χ2n) is 6.41. The minimum atomic E-state index is 0.628. The normalized spacial score (nSPS) is 16.4. The number of likely N-dealkylation sites (tertiary alicyclic amines) is 1. The molecule has 0 spiro atoms. The molecule has 1 fully saturated rings. The van der Waals surface area contributed by atoms with Gasteiger partial charge in [-0.25, -0.2) is 0 Å². The van der Waals surface area contributed by atoms with Crippen LogP contribution in [0, 0.1) is 6.92 Å². The van der Waals surface area contributed by atoms with Crippen LogP contribution in [0.3, 0.4) is 0 Å². The van der Waals surface area contributed by atoms with Crippen LogP contribution in [0.4, 0.5) is 5.69 Å². The first-order valence-electron chi connectivity index (χ1n) is 8.50. The molecule has 0 aromatic carbocycles. The smallest absolute Gasteiger partial charge is 0.0416 e. The molecule has 3 heterocycles. The highest BCUT2D eigenvalue weighted by molar-refractivity contribution is 5.46. The molecule has 1 aliphatic heterocycles. The van der Waals surface area contributed by atoms with Crippen molar-refractivity contribution in [2.24, 2.45) is 0 Å². The van der Waals surface area contributed by atoms with E-state index < -0.39 is 0 Å². The highest BCUT2D eigenvalue weighted by atomic mass is 15.2. The van der Waals surface area contributed by atoms with E-state index in [2.05, 4.69) is 58.0 Å². The fraction of sp³-hybridized carbons (Fsp3) is 0.474. The molecule has 23 heavy (non-hydrogen) atoms. The van der Waals surface area contributed by atoms with Crippen molar-refractivity contribution in [3.05, 3.63) is 54.1 Å². The van der Waals surface area contributed by atoms with Gasteiger partial charge < -0.3 is 9.80 Å². The van der Waals surface area contributed by atoms with E-state index in [-0.39, 0.29) is 0 Å². The van der Waals surface area contributed by atoms with E-state index in [4.69, 9.17) is 0 Å². The van der Waals surface area contributed by atoms with Crippen LogP contribution >= 0.6 is 0 Å². The van der Waals surface area contributed by atoms with E-state index in [1.807, 2.05) is 18.5 Å². The van der Waals surface area contributed by atoms with Gasteiger partial charge in [0.05, 0.1) is 0 Å². The van der Waals surface area contributed by atoms with E-state index in [1.165, 1.54) is 37.3 Å². The summed E-state index contributed by atoms with van der Waals surface area (Å²) < 4.78 is 0. The maximum Gasteiger partial charge on any atom is 0.0416 e. The summed E-state index contributed by atoms with van der Waals surface area (Å²) in [4.78, 5) is 13.7. The zero-order chi connectivity index (χ0) is 16.1. The van der Waals surface area contributed by atoms with Crippen LogP contribution in [0.2, 0.25) is 0 Å². The largest absolute Gasteiger partial charge is 0.371 e. The quantitative estimate of drug-likeness (QED) is 0.850. The van der Waals surface area contributed by atoms with Gasteiger partial charge in [0.25, 0.3) is 0 Å². The Morgan fingerprint density at radius 3 is 2.65 bits per heavy atom. The van der Waals surface area contributed by atoms with Gasteiger partial charge in [0.1, 0.15) is 0 Å². The maximum atomic E-state index is 4.41. The Bertz CT molecular complexity index is 606. The number of aryl methyl sites for hydroxylation is 1. The summed E-state index contributed by atoms with van der Waals surface area (Å²) in [6.07, 6.45) is 7.28. The van der Waals surface area contributed by atoms with Gasteiger partial charge in [-0.3, -0.25) is 9.97 Å². The molecule has 0 atom stereocenters. The molecule has 3 rings (SSSR count). The summed E-state index contributed by atoms with van der Waals surface area (Å²) in [6.45, 7) is 5.51. The van der Waals surface area contributed by atoms with Crippen LogP contribution < -0.4 is 4.90 Å². The van der Waals surface area contributed by atoms with Crippen LogP contribution in [-0.2, 0) is 6.42 Å². The molecule has 4 heteroatoms. The first-order valence-corrected chi connectivity index (χ1v) is 8.50. The SMILES string of the molecule is Cc1cc(N(C)C2CCN(CCc3ccccn3)CC2)ccn1. The third-order valence-corrected chi connectivity index (χ3v) is 4.80. The molecule has 0 radical (unpaired) electrons. The van der Waals surface area contributed by atoms with Crippen LogP contribution in [-0.4, -0.2) is 47.6 Å². The Morgan fingerprint density at radius 1 is 1.13 bits per heavy atom. The minimum Gasteiger partial charge on any atom is -0.371 e. The van der Waals surface area contributed by atoms with E-state index in [1.54, 1.807) is 0 Å². The second-order valence-corrected chi connectivity index (χ2v) is 6.41. The summed E-state index contributed by atoms with van der Waals surface area (Å²) in [5.41, 5.74) is 3.56. The first kappa shape index (κ1) is 15.9. The van der Waals surface area contributed by atoms with Crippen LogP contribution in [0.5, 0.6) is 0 Å². The number of piperidine rings is 1. The van der Waals surface area contributed by atoms with Gasteiger partial charge in [0.2, 0.25) is 0 Å². The lowest BCUT2D eigenvalue weighted by molar-refractivity contribution is 0.212. The maximum absolute atomic E-state index is 4.41. The van der Waals surface area contributed by atoms with Gasteiger partial charge in [0.15, 0.2) is 0 Å². The molecule has 0 bridgehead atoms. The highest BCUT2D eigenvalue weighted by Crippen LogP contribution is 2.22. The van der Waals surface area contributed by atoms with E-state index in [0.29, 0.717) is 6.04 Å². The predicted molar refractivity (Wildman–Crippen MR) is 94.8 cm³/mol. The number of hydrogen-bond donors (Lipinski definition) is 0. The molecule has 1 saturated heterocycles. The van der Waals surface area contributed by atoms with E-state index in [0.717, 1.165) is 18.7 Å². The number of rotatable bonds is 5. The van der Waals surface area contributed by atoms with Crippen LogP contribution in [0.15, 0.2) is 42.7 Å². The van der Waals surface area contributed by atoms with Gasteiger partial charge >= 0.3 is 0 Å². The summed E-state index contributed by atoms with van der Waals surface area (Å²) >= 11 is 0. The molecule has 0 saturated carbocycles. The van der Waals surface area contributed by atoms with E-state index in [9.17, 15) is 0 Å². The fourth-order valence-corrected chi connectivity index (χ4v) is 3.31. The van der Waals surface area contributed by atoms with Gasteiger partial charge in [-0.2, -0.15) is 0 Å². The van der Waals surface area contributed by atoms with Crippen molar-refractivity contribution < 1.29 is 0 Å². The minimum absolute atomic E-state index is 0.628. The summed E-state index contributed by atoms with van der Waals surface area (Å²) in [5, 5.41) is 0. The Morgan fingerprint density at radius 2 is 1.96 bits per heavy atom. The lowest BCUT2D eigenvalue weighted by Gasteiger charge is -2.37. The van der Waals surface area contributed by atoms with E-state index >= 15 is 0 Å². The molecule has 2 aromatic rings. The van der Waals surface area contributed by atoms with Crippen molar-refractivity contribution in [2.75, 3.05) is 31.6 Å². The predicted octanol–water partition coefficient (Wildman–Crippen LogP) is 2.93. The number of nitrogens with zero attached hydrogens (tertiary/aromatic N) is 4.